The molecule has 0 amide bonds. The Bertz CT molecular complexity index is 822. The van der Waals surface area contributed by atoms with E-state index < -0.39 is 15.7 Å². The molecule has 0 bridgehead atoms. The Morgan fingerprint density at radius 1 is 1.36 bits per heavy atom. The van der Waals surface area contributed by atoms with Crippen molar-refractivity contribution in [3.05, 3.63) is 36.2 Å². The molecular formula is C15H20ClFN4O3S. The first-order valence-corrected chi connectivity index (χ1v) is 9.56. The van der Waals surface area contributed by atoms with Crippen molar-refractivity contribution in [2.24, 2.45) is 0 Å². The van der Waals surface area contributed by atoms with Gasteiger partial charge >= 0.3 is 0 Å². The van der Waals surface area contributed by atoms with Gasteiger partial charge < -0.3 is 10.1 Å². The fourth-order valence-corrected chi connectivity index (χ4v) is 3.23. The molecule has 0 radical (unpaired) electrons. The van der Waals surface area contributed by atoms with E-state index in [-0.39, 0.29) is 29.7 Å². The maximum Gasteiger partial charge on any atom is 0.188 e. The number of hydrogen-bond donors (Lipinski definition) is 1. The van der Waals surface area contributed by atoms with Crippen LogP contribution in [0.4, 0.5) is 4.39 Å². The first kappa shape index (κ1) is 19.6. The highest BCUT2D eigenvalue weighted by molar-refractivity contribution is 7.90. The Hall–Kier alpha value is -1.71. The van der Waals surface area contributed by atoms with Crippen LogP contribution in [0, 0.1) is 5.82 Å². The molecule has 1 fully saturated rings. The third kappa shape index (κ3) is 4.90. The third-order valence-corrected chi connectivity index (χ3v) is 5.04. The van der Waals surface area contributed by atoms with Gasteiger partial charge in [-0.3, -0.25) is 0 Å². The molecular weight excluding hydrogens is 371 g/mol. The molecule has 0 saturated carbocycles. The number of halogens is 2. The van der Waals surface area contributed by atoms with Crippen LogP contribution in [0.3, 0.4) is 0 Å². The number of aromatic nitrogens is 3. The Morgan fingerprint density at radius 2 is 2.08 bits per heavy atom. The van der Waals surface area contributed by atoms with Crippen molar-refractivity contribution in [3.63, 3.8) is 0 Å². The second-order valence-electron chi connectivity index (χ2n) is 5.78. The second-order valence-corrected chi connectivity index (χ2v) is 7.79. The molecule has 0 unspecified atom stereocenters. The molecule has 25 heavy (non-hydrogen) atoms. The van der Waals surface area contributed by atoms with Crippen LogP contribution in [-0.4, -0.2) is 42.5 Å². The maximum absolute atomic E-state index is 13.9. The van der Waals surface area contributed by atoms with E-state index in [1.54, 1.807) is 6.33 Å². The number of nitrogens with zero attached hydrogens (tertiary/aromatic N) is 3. The summed E-state index contributed by atoms with van der Waals surface area (Å²) < 4.78 is 43.9. The van der Waals surface area contributed by atoms with Gasteiger partial charge in [-0.2, -0.15) is 5.10 Å². The Kier molecular flexibility index (Phi) is 6.36. The second kappa shape index (κ2) is 8.11. The zero-order valence-corrected chi connectivity index (χ0v) is 15.3. The van der Waals surface area contributed by atoms with E-state index in [1.165, 1.54) is 12.1 Å². The summed E-state index contributed by atoms with van der Waals surface area (Å²) in [5.41, 5.74) is 0. The predicted octanol–water partition coefficient (Wildman–Crippen LogP) is 1.75. The summed E-state index contributed by atoms with van der Waals surface area (Å²) in [5, 5.41) is 7.66. The van der Waals surface area contributed by atoms with Gasteiger partial charge in [-0.15, -0.1) is 12.4 Å². The number of benzene rings is 1. The van der Waals surface area contributed by atoms with E-state index in [4.69, 9.17) is 4.74 Å². The minimum absolute atomic E-state index is 0. The van der Waals surface area contributed by atoms with Crippen molar-refractivity contribution < 1.29 is 17.5 Å². The topological polar surface area (TPSA) is 86.1 Å². The van der Waals surface area contributed by atoms with Crippen molar-refractivity contribution in [2.45, 2.75) is 30.4 Å². The summed E-state index contributed by atoms with van der Waals surface area (Å²) in [6.07, 6.45) is 4.67. The number of hydrogen-bond acceptors (Lipinski definition) is 6. The molecule has 2 heterocycles. The van der Waals surface area contributed by atoms with Crippen LogP contribution in [-0.2, 0) is 16.4 Å². The molecule has 138 valence electrons. The zero-order valence-electron chi connectivity index (χ0n) is 13.7. The van der Waals surface area contributed by atoms with E-state index in [0.717, 1.165) is 38.3 Å². The van der Waals surface area contributed by atoms with Gasteiger partial charge in [0.2, 0.25) is 0 Å². The highest BCUT2D eigenvalue weighted by Gasteiger charge is 2.17. The van der Waals surface area contributed by atoms with Crippen molar-refractivity contribution >= 4 is 22.2 Å². The summed E-state index contributed by atoms with van der Waals surface area (Å²) in [7, 11) is -3.45. The average molecular weight is 391 g/mol. The lowest BCUT2D eigenvalue weighted by molar-refractivity contribution is 0.276. The van der Waals surface area contributed by atoms with Gasteiger partial charge in [0.1, 0.15) is 12.9 Å². The monoisotopic (exact) mass is 390 g/mol. The summed E-state index contributed by atoms with van der Waals surface area (Å²) in [6.45, 7) is 1.93. The molecule has 10 heteroatoms. The van der Waals surface area contributed by atoms with Gasteiger partial charge in [0.15, 0.2) is 27.2 Å². The van der Waals surface area contributed by atoms with Gasteiger partial charge in [-0.05, 0) is 44.1 Å². The molecule has 0 spiro atoms. The molecule has 0 atom stereocenters. The van der Waals surface area contributed by atoms with E-state index >= 15 is 0 Å². The quantitative estimate of drug-likeness (QED) is 0.837. The van der Waals surface area contributed by atoms with Crippen molar-refractivity contribution in [2.75, 3.05) is 19.3 Å². The zero-order chi connectivity index (χ0) is 17.2. The fraction of sp³-hybridized carbons (Fsp3) is 0.467. The number of piperidine rings is 1. The predicted molar refractivity (Wildman–Crippen MR) is 92.3 cm³/mol. The summed E-state index contributed by atoms with van der Waals surface area (Å²) >= 11 is 0. The fourth-order valence-electron chi connectivity index (χ4n) is 2.60. The SMILES string of the molecule is CS(=O)(=O)c1ccc(OCc2ncn(C3CCNCC3)n2)c(F)c1.Cl. The molecule has 1 aromatic carbocycles. The molecule has 1 aliphatic rings. The van der Waals surface area contributed by atoms with Crippen LogP contribution < -0.4 is 10.1 Å². The van der Waals surface area contributed by atoms with E-state index in [0.29, 0.717) is 11.9 Å². The number of nitrogens with one attached hydrogen (secondary N) is 1. The Labute approximate surface area is 151 Å². The van der Waals surface area contributed by atoms with Crippen LogP contribution in [0.25, 0.3) is 0 Å². The first-order valence-electron chi connectivity index (χ1n) is 7.66. The lowest BCUT2D eigenvalue weighted by Gasteiger charge is -2.22. The minimum Gasteiger partial charge on any atom is -0.482 e. The molecule has 1 aromatic heterocycles. The minimum atomic E-state index is -3.45. The normalized spacial score (nSPS) is 15.6. The van der Waals surface area contributed by atoms with Crippen molar-refractivity contribution in [3.8, 4) is 5.75 Å². The van der Waals surface area contributed by atoms with E-state index in [1.807, 2.05) is 4.68 Å². The van der Waals surface area contributed by atoms with Crippen molar-refractivity contribution in [1.82, 2.24) is 20.1 Å². The first-order chi connectivity index (χ1) is 11.4. The molecule has 1 N–H and O–H groups in total. The van der Waals surface area contributed by atoms with Crippen LogP contribution in [0.5, 0.6) is 5.75 Å². The highest BCUT2D eigenvalue weighted by atomic mass is 35.5. The van der Waals surface area contributed by atoms with Gasteiger partial charge in [0.25, 0.3) is 0 Å². The molecule has 7 nitrogen and oxygen atoms in total. The molecule has 2 aromatic rings. The van der Waals surface area contributed by atoms with Crippen LogP contribution in [0.1, 0.15) is 24.7 Å². The third-order valence-electron chi connectivity index (χ3n) is 3.93. The van der Waals surface area contributed by atoms with Crippen LogP contribution in [0.2, 0.25) is 0 Å². The summed E-state index contributed by atoms with van der Waals surface area (Å²) in [5.74, 6) is -0.295. The van der Waals surface area contributed by atoms with E-state index in [2.05, 4.69) is 15.4 Å². The Balaban J connectivity index is 0.00000225. The average Bonchev–Trinajstić information content (AvgIpc) is 3.02. The smallest absolute Gasteiger partial charge is 0.188 e. The lowest BCUT2D eigenvalue weighted by atomic mass is 10.1. The maximum atomic E-state index is 13.9. The molecule has 1 aliphatic heterocycles. The highest BCUT2D eigenvalue weighted by Crippen LogP contribution is 2.22. The van der Waals surface area contributed by atoms with Crippen LogP contribution in [0.15, 0.2) is 29.4 Å². The largest absolute Gasteiger partial charge is 0.482 e. The molecule has 0 aliphatic carbocycles. The van der Waals surface area contributed by atoms with E-state index in [9.17, 15) is 12.8 Å². The van der Waals surface area contributed by atoms with Gasteiger partial charge in [-0.25, -0.2) is 22.5 Å². The van der Waals surface area contributed by atoms with Crippen molar-refractivity contribution in [1.29, 1.82) is 0 Å². The molecule has 3 rings (SSSR count). The van der Waals surface area contributed by atoms with Crippen LogP contribution >= 0.6 is 12.4 Å². The standard InChI is InChI=1S/C15H19FN4O3S.ClH/c1-24(21,22)12-2-3-14(13(16)8-12)23-9-15-18-10-20(19-15)11-4-6-17-7-5-11;/h2-3,8,10-11,17H,4-7,9H2,1H3;1H. The lowest BCUT2D eigenvalue weighted by Crippen LogP contribution is -2.29. The summed E-state index contributed by atoms with van der Waals surface area (Å²) in [6, 6.07) is 3.88. The number of sulfone groups is 1. The number of rotatable bonds is 5. The Morgan fingerprint density at radius 3 is 2.72 bits per heavy atom. The number of ether oxygens (including phenoxy) is 1. The molecule has 1 saturated heterocycles. The van der Waals surface area contributed by atoms with Gasteiger partial charge in [0.05, 0.1) is 10.9 Å². The van der Waals surface area contributed by atoms with Gasteiger partial charge in [0, 0.05) is 6.26 Å². The van der Waals surface area contributed by atoms with Gasteiger partial charge in [-0.1, -0.05) is 0 Å². The summed E-state index contributed by atoms with van der Waals surface area (Å²) in [4.78, 5) is 4.10.